The van der Waals surface area contributed by atoms with Gasteiger partial charge in [-0.1, -0.05) is 27.5 Å². The number of nitrogens with one attached hydrogen (secondary N) is 1. The van der Waals surface area contributed by atoms with Gasteiger partial charge in [-0.3, -0.25) is 14.9 Å². The molecule has 21 heavy (non-hydrogen) atoms. The smallest absolute Gasteiger partial charge is 0.271 e. The van der Waals surface area contributed by atoms with Gasteiger partial charge in [0.2, 0.25) is 0 Å². The molecule has 2 rings (SSSR count). The molecule has 0 bridgehead atoms. The van der Waals surface area contributed by atoms with E-state index < -0.39 is 4.92 Å². The van der Waals surface area contributed by atoms with Gasteiger partial charge in [0.15, 0.2) is 0 Å². The second-order valence-corrected chi connectivity index (χ2v) is 6.48. The summed E-state index contributed by atoms with van der Waals surface area (Å²) >= 11 is 11.3. The zero-order valence-corrected chi connectivity index (χ0v) is 14.8. The first-order chi connectivity index (χ1) is 9.88. The Morgan fingerprint density at radius 2 is 2.00 bits per heavy atom. The van der Waals surface area contributed by atoms with Crippen molar-refractivity contribution in [3.8, 4) is 0 Å². The van der Waals surface area contributed by atoms with Gasteiger partial charge in [-0.05, 0) is 46.9 Å². The second kappa shape index (κ2) is 6.71. The first kappa shape index (κ1) is 16.2. The van der Waals surface area contributed by atoms with Crippen molar-refractivity contribution in [2.75, 3.05) is 5.32 Å². The molecule has 1 amide bonds. The highest BCUT2D eigenvalue weighted by atomic mass is 127. The summed E-state index contributed by atoms with van der Waals surface area (Å²) in [6.07, 6.45) is 0. The minimum atomic E-state index is -0.547. The van der Waals surface area contributed by atoms with Gasteiger partial charge >= 0.3 is 0 Å². The maximum absolute atomic E-state index is 12.3. The molecular weight excluding hydrogens is 474 g/mol. The molecule has 2 aromatic rings. The molecule has 0 aliphatic carbocycles. The Hall–Kier alpha value is -1.19. The largest absolute Gasteiger partial charge is 0.320 e. The van der Waals surface area contributed by atoms with E-state index in [0.29, 0.717) is 5.56 Å². The van der Waals surface area contributed by atoms with Crippen LogP contribution >= 0.6 is 50.1 Å². The lowest BCUT2D eigenvalue weighted by Crippen LogP contribution is -2.14. The summed E-state index contributed by atoms with van der Waals surface area (Å²) in [6, 6.07) is 9.16. The van der Waals surface area contributed by atoms with Gasteiger partial charge in [-0.25, -0.2) is 0 Å². The summed E-state index contributed by atoms with van der Waals surface area (Å²) in [7, 11) is 0. The molecule has 0 fully saturated rings. The average Bonchev–Trinajstić information content (AvgIpc) is 2.43. The molecule has 1 N–H and O–H groups in total. The number of hydrogen-bond donors (Lipinski definition) is 1. The SMILES string of the molecule is O=C(Nc1cc([N+](=O)[O-])ccc1Cl)c1cc(Br)ccc1I. The van der Waals surface area contributed by atoms with Crippen LogP contribution in [0.15, 0.2) is 40.9 Å². The van der Waals surface area contributed by atoms with Gasteiger partial charge in [-0.15, -0.1) is 0 Å². The molecule has 0 atom stereocenters. The van der Waals surface area contributed by atoms with Crippen LogP contribution in [0.5, 0.6) is 0 Å². The molecule has 0 spiro atoms. The number of carbonyl (C=O) groups is 1. The minimum Gasteiger partial charge on any atom is -0.320 e. The van der Waals surface area contributed by atoms with Crippen LogP contribution in [0.25, 0.3) is 0 Å². The molecule has 0 aromatic heterocycles. The van der Waals surface area contributed by atoms with Gasteiger partial charge in [0, 0.05) is 20.2 Å². The number of hydrogen-bond acceptors (Lipinski definition) is 3. The number of amides is 1. The average molecular weight is 481 g/mol. The van der Waals surface area contributed by atoms with E-state index in [-0.39, 0.29) is 22.3 Å². The third-order valence-electron chi connectivity index (χ3n) is 2.58. The summed E-state index contributed by atoms with van der Waals surface area (Å²) in [5.74, 6) is -0.386. The number of non-ortho nitro benzene ring substituents is 1. The first-order valence-electron chi connectivity index (χ1n) is 5.59. The molecule has 2 aromatic carbocycles. The van der Waals surface area contributed by atoms with Crippen molar-refractivity contribution in [2.24, 2.45) is 0 Å². The third kappa shape index (κ3) is 3.92. The number of anilines is 1. The third-order valence-corrected chi connectivity index (χ3v) is 4.35. The number of nitro benzene ring substituents is 1. The van der Waals surface area contributed by atoms with Gasteiger partial charge in [-0.2, -0.15) is 0 Å². The van der Waals surface area contributed by atoms with Gasteiger partial charge in [0.25, 0.3) is 11.6 Å². The molecule has 0 saturated heterocycles. The van der Waals surface area contributed by atoms with Crippen LogP contribution in [-0.2, 0) is 0 Å². The van der Waals surface area contributed by atoms with Crippen molar-refractivity contribution in [3.05, 3.63) is 65.1 Å². The molecule has 0 radical (unpaired) electrons. The van der Waals surface area contributed by atoms with Crippen LogP contribution in [0, 0.1) is 13.7 Å². The van der Waals surface area contributed by atoms with E-state index >= 15 is 0 Å². The van der Waals surface area contributed by atoms with Crippen LogP contribution in [0.3, 0.4) is 0 Å². The van der Waals surface area contributed by atoms with E-state index in [1.807, 2.05) is 28.7 Å². The molecule has 108 valence electrons. The van der Waals surface area contributed by atoms with Crippen LogP contribution in [-0.4, -0.2) is 10.8 Å². The van der Waals surface area contributed by atoms with E-state index in [4.69, 9.17) is 11.6 Å². The van der Waals surface area contributed by atoms with Gasteiger partial charge in [0.05, 0.1) is 21.2 Å². The standard InChI is InChI=1S/C13H7BrClIN2O3/c14-7-1-4-11(16)9(5-7)13(19)17-12-6-8(18(20)21)2-3-10(12)15/h1-6H,(H,17,19). The monoisotopic (exact) mass is 480 g/mol. The van der Waals surface area contributed by atoms with E-state index in [9.17, 15) is 14.9 Å². The molecule has 0 unspecified atom stereocenters. The van der Waals surface area contributed by atoms with Crippen molar-refractivity contribution in [1.82, 2.24) is 0 Å². The summed E-state index contributed by atoms with van der Waals surface area (Å²) in [6.45, 7) is 0. The Bertz CT molecular complexity index is 739. The zero-order valence-electron chi connectivity index (χ0n) is 10.3. The van der Waals surface area contributed by atoms with Crippen molar-refractivity contribution < 1.29 is 9.72 Å². The first-order valence-corrected chi connectivity index (χ1v) is 7.84. The highest BCUT2D eigenvalue weighted by Crippen LogP contribution is 2.28. The van der Waals surface area contributed by atoms with Crippen LogP contribution in [0.4, 0.5) is 11.4 Å². The predicted octanol–water partition coefficient (Wildman–Crippen LogP) is 4.87. The number of halogens is 3. The molecule has 8 heteroatoms. The Morgan fingerprint density at radius 3 is 2.67 bits per heavy atom. The normalized spacial score (nSPS) is 10.2. The highest BCUT2D eigenvalue weighted by molar-refractivity contribution is 14.1. The van der Waals surface area contributed by atoms with Gasteiger partial charge < -0.3 is 5.32 Å². The summed E-state index contributed by atoms with van der Waals surface area (Å²) in [5.41, 5.74) is 0.512. The Kier molecular flexibility index (Phi) is 5.17. The van der Waals surface area contributed by atoms with Crippen molar-refractivity contribution >= 4 is 67.4 Å². The van der Waals surface area contributed by atoms with Crippen LogP contribution < -0.4 is 5.32 Å². The minimum absolute atomic E-state index is 0.140. The number of rotatable bonds is 3. The van der Waals surface area contributed by atoms with E-state index in [1.165, 1.54) is 18.2 Å². The Balaban J connectivity index is 2.33. The second-order valence-electron chi connectivity index (χ2n) is 4.00. The molecule has 0 heterocycles. The molecular formula is C13H7BrClIN2O3. The number of benzene rings is 2. The maximum Gasteiger partial charge on any atom is 0.271 e. The van der Waals surface area contributed by atoms with Crippen molar-refractivity contribution in [1.29, 1.82) is 0 Å². The highest BCUT2D eigenvalue weighted by Gasteiger charge is 2.15. The zero-order chi connectivity index (χ0) is 15.6. The molecule has 0 saturated carbocycles. The topological polar surface area (TPSA) is 72.2 Å². The quantitative estimate of drug-likeness (QED) is 0.386. The number of nitro groups is 1. The molecule has 0 aliphatic heterocycles. The number of carbonyl (C=O) groups excluding carboxylic acids is 1. The fourth-order valence-corrected chi connectivity index (χ4v) is 2.69. The van der Waals surface area contributed by atoms with Crippen LogP contribution in [0.2, 0.25) is 5.02 Å². The molecule has 5 nitrogen and oxygen atoms in total. The fraction of sp³-hybridized carbons (Fsp3) is 0. The lowest BCUT2D eigenvalue weighted by atomic mass is 10.2. The summed E-state index contributed by atoms with van der Waals surface area (Å²) in [5, 5.41) is 13.6. The van der Waals surface area contributed by atoms with Crippen LogP contribution in [0.1, 0.15) is 10.4 Å². The predicted molar refractivity (Wildman–Crippen MR) is 92.9 cm³/mol. The maximum atomic E-state index is 12.3. The van der Waals surface area contributed by atoms with E-state index in [0.717, 1.165) is 8.04 Å². The lowest BCUT2D eigenvalue weighted by molar-refractivity contribution is -0.384. The van der Waals surface area contributed by atoms with Gasteiger partial charge in [0.1, 0.15) is 0 Å². The Morgan fingerprint density at radius 1 is 1.29 bits per heavy atom. The van der Waals surface area contributed by atoms with E-state index in [2.05, 4.69) is 21.2 Å². The van der Waals surface area contributed by atoms with Crippen molar-refractivity contribution in [2.45, 2.75) is 0 Å². The number of nitrogens with zero attached hydrogens (tertiary/aromatic N) is 1. The summed E-state index contributed by atoms with van der Waals surface area (Å²) in [4.78, 5) is 22.5. The molecule has 0 aliphatic rings. The fourth-order valence-electron chi connectivity index (χ4n) is 1.58. The lowest BCUT2D eigenvalue weighted by Gasteiger charge is -2.09. The van der Waals surface area contributed by atoms with Crippen molar-refractivity contribution in [3.63, 3.8) is 0 Å². The summed E-state index contributed by atoms with van der Waals surface area (Å²) < 4.78 is 1.52. The Labute approximate surface area is 147 Å². The van der Waals surface area contributed by atoms with E-state index in [1.54, 1.807) is 12.1 Å².